The molecule has 1 fully saturated rings. The van der Waals surface area contributed by atoms with Gasteiger partial charge in [0.05, 0.1) is 11.6 Å². The zero-order valence-corrected chi connectivity index (χ0v) is 16.8. The van der Waals surface area contributed by atoms with Gasteiger partial charge in [0.1, 0.15) is 11.9 Å². The summed E-state index contributed by atoms with van der Waals surface area (Å²) in [6.45, 7) is 2.75. The van der Waals surface area contributed by atoms with Crippen LogP contribution in [0.2, 0.25) is 5.02 Å². The van der Waals surface area contributed by atoms with E-state index in [1.807, 2.05) is 12.1 Å². The molecule has 1 aromatic rings. The summed E-state index contributed by atoms with van der Waals surface area (Å²) in [5.74, 6) is 0.643. The van der Waals surface area contributed by atoms with Crippen LogP contribution in [0.25, 0.3) is 0 Å². The number of ether oxygens (including phenoxy) is 1. The van der Waals surface area contributed by atoms with Crippen molar-refractivity contribution in [2.75, 3.05) is 13.2 Å². The van der Waals surface area contributed by atoms with Gasteiger partial charge in [0, 0.05) is 19.0 Å². The van der Waals surface area contributed by atoms with Crippen molar-refractivity contribution in [3.63, 3.8) is 0 Å². The summed E-state index contributed by atoms with van der Waals surface area (Å²) < 4.78 is 21.2. The largest absolute Gasteiger partial charge is 0.487 e. The lowest BCUT2D eigenvalue weighted by atomic mass is 10.1. The van der Waals surface area contributed by atoms with Crippen LogP contribution in [0.15, 0.2) is 18.2 Å². The first-order chi connectivity index (χ1) is 12.4. The molecular formula is C18H29ClNO5P. The second-order valence-corrected chi connectivity index (χ2v) is 8.44. The number of phosphoric ester groups is 1. The molecule has 0 aliphatic carbocycles. The van der Waals surface area contributed by atoms with Crippen molar-refractivity contribution in [2.45, 2.75) is 64.0 Å². The Labute approximate surface area is 160 Å². The van der Waals surface area contributed by atoms with Crippen LogP contribution < -0.4 is 10.1 Å². The van der Waals surface area contributed by atoms with E-state index in [1.165, 1.54) is 37.7 Å². The standard InChI is InChI=1S/C18H29ClNO5P/c1-2-3-4-5-6-7-14-8-9-18(17(19)10-14)25-16-11-15(20-12-16)13-24-26(21,22)23/h8-10,15-16,20H,2-7,11-13H2,1H3,(H2,21,22,23)/t15-,16-/m1/s1. The van der Waals surface area contributed by atoms with E-state index < -0.39 is 7.82 Å². The van der Waals surface area contributed by atoms with Gasteiger partial charge in [0.15, 0.2) is 0 Å². The van der Waals surface area contributed by atoms with E-state index in [-0.39, 0.29) is 18.8 Å². The molecule has 8 heteroatoms. The molecule has 0 unspecified atom stereocenters. The zero-order valence-electron chi connectivity index (χ0n) is 15.2. The van der Waals surface area contributed by atoms with E-state index in [4.69, 9.17) is 26.1 Å². The lowest BCUT2D eigenvalue weighted by molar-refractivity contribution is 0.173. The third kappa shape index (κ3) is 7.95. The second kappa shape index (κ2) is 10.6. The normalized spacial score (nSPS) is 20.5. The van der Waals surface area contributed by atoms with Crippen molar-refractivity contribution in [3.8, 4) is 5.75 Å². The predicted octanol–water partition coefficient (Wildman–Crippen LogP) is 4.07. The SMILES string of the molecule is CCCCCCCc1ccc(O[C@H]2CN[C@@H](COP(=O)(O)O)C2)c(Cl)c1. The first kappa shape index (κ1) is 21.7. The molecule has 26 heavy (non-hydrogen) atoms. The number of unbranched alkanes of at least 4 members (excludes halogenated alkanes) is 4. The van der Waals surface area contributed by atoms with Crippen LogP contribution in [-0.2, 0) is 15.5 Å². The summed E-state index contributed by atoms with van der Waals surface area (Å²) >= 11 is 6.35. The van der Waals surface area contributed by atoms with Crippen molar-refractivity contribution < 1.29 is 23.6 Å². The summed E-state index contributed by atoms with van der Waals surface area (Å²) in [5, 5.41) is 3.74. The molecule has 3 N–H and O–H groups in total. The first-order valence-corrected chi connectivity index (χ1v) is 11.2. The van der Waals surface area contributed by atoms with Gasteiger partial charge < -0.3 is 19.8 Å². The van der Waals surface area contributed by atoms with Gasteiger partial charge >= 0.3 is 7.82 Å². The molecule has 0 aromatic heterocycles. The lowest BCUT2D eigenvalue weighted by Gasteiger charge is -2.15. The smallest absolute Gasteiger partial charge is 0.469 e. The molecule has 1 aromatic carbocycles. The molecule has 1 aliphatic heterocycles. The third-order valence-electron chi connectivity index (χ3n) is 4.48. The van der Waals surface area contributed by atoms with Gasteiger partial charge in [-0.1, -0.05) is 50.3 Å². The van der Waals surface area contributed by atoms with Gasteiger partial charge in [0.25, 0.3) is 0 Å². The molecule has 1 heterocycles. The van der Waals surface area contributed by atoms with Gasteiger partial charge in [-0.25, -0.2) is 4.57 Å². The Morgan fingerprint density at radius 1 is 1.27 bits per heavy atom. The van der Waals surface area contributed by atoms with Crippen LogP contribution in [0.5, 0.6) is 5.75 Å². The highest BCUT2D eigenvalue weighted by molar-refractivity contribution is 7.46. The molecule has 148 valence electrons. The lowest BCUT2D eigenvalue weighted by Crippen LogP contribution is -2.26. The average molecular weight is 406 g/mol. The maximum Gasteiger partial charge on any atom is 0.469 e. The minimum atomic E-state index is -4.44. The van der Waals surface area contributed by atoms with Crippen LogP contribution in [0, 0.1) is 0 Å². The number of hydrogen-bond acceptors (Lipinski definition) is 4. The predicted molar refractivity (Wildman–Crippen MR) is 103 cm³/mol. The maximum atomic E-state index is 10.8. The first-order valence-electron chi connectivity index (χ1n) is 9.26. The minimum absolute atomic E-state index is 0.0468. The summed E-state index contributed by atoms with van der Waals surface area (Å²) in [5.41, 5.74) is 1.22. The van der Waals surface area contributed by atoms with Gasteiger partial charge in [-0.05, 0) is 30.5 Å². The fraction of sp³-hybridized carbons (Fsp3) is 0.667. The number of halogens is 1. The number of nitrogens with one attached hydrogen (secondary N) is 1. The summed E-state index contributed by atoms with van der Waals surface area (Å²) in [6.07, 6.45) is 7.78. The maximum absolute atomic E-state index is 10.8. The van der Waals surface area contributed by atoms with Gasteiger partial charge in [0.2, 0.25) is 0 Å². The van der Waals surface area contributed by atoms with Crippen LogP contribution >= 0.6 is 19.4 Å². The van der Waals surface area contributed by atoms with Crippen molar-refractivity contribution in [3.05, 3.63) is 28.8 Å². The molecule has 0 spiro atoms. The van der Waals surface area contributed by atoms with Crippen molar-refractivity contribution in [1.82, 2.24) is 5.32 Å². The van der Waals surface area contributed by atoms with Gasteiger partial charge in [-0.3, -0.25) is 4.52 Å². The monoisotopic (exact) mass is 405 g/mol. The molecule has 1 aliphatic rings. The summed E-state index contributed by atoms with van der Waals surface area (Å²) in [6, 6.07) is 5.78. The molecule has 2 atom stereocenters. The molecule has 0 radical (unpaired) electrons. The quantitative estimate of drug-likeness (QED) is 0.380. The number of benzene rings is 1. The number of aryl methyl sites for hydroxylation is 1. The van der Waals surface area contributed by atoms with E-state index >= 15 is 0 Å². The zero-order chi connectivity index (χ0) is 19.0. The summed E-state index contributed by atoms with van der Waals surface area (Å²) in [4.78, 5) is 17.5. The molecule has 6 nitrogen and oxygen atoms in total. The van der Waals surface area contributed by atoms with Crippen LogP contribution in [0.3, 0.4) is 0 Å². The molecule has 2 rings (SSSR count). The number of phosphoric acid groups is 1. The van der Waals surface area contributed by atoms with Crippen LogP contribution in [0.1, 0.15) is 51.0 Å². The summed E-state index contributed by atoms with van der Waals surface area (Å²) in [7, 11) is -4.44. The number of hydrogen-bond donors (Lipinski definition) is 3. The molecule has 0 amide bonds. The number of rotatable bonds is 11. The molecule has 1 saturated heterocycles. The minimum Gasteiger partial charge on any atom is -0.487 e. The Morgan fingerprint density at radius 2 is 2.04 bits per heavy atom. The van der Waals surface area contributed by atoms with E-state index in [0.717, 1.165) is 6.42 Å². The highest BCUT2D eigenvalue weighted by atomic mass is 35.5. The molecule has 0 bridgehead atoms. The van der Waals surface area contributed by atoms with E-state index in [0.29, 0.717) is 23.7 Å². The van der Waals surface area contributed by atoms with E-state index in [2.05, 4.69) is 22.8 Å². The van der Waals surface area contributed by atoms with Gasteiger partial charge in [-0.15, -0.1) is 0 Å². The Hall–Kier alpha value is -0.620. The third-order valence-corrected chi connectivity index (χ3v) is 5.27. The topological polar surface area (TPSA) is 88.0 Å². The Bertz CT molecular complexity index is 609. The van der Waals surface area contributed by atoms with E-state index in [1.54, 1.807) is 0 Å². The van der Waals surface area contributed by atoms with Crippen LogP contribution in [0.4, 0.5) is 0 Å². The molecule has 0 saturated carbocycles. The van der Waals surface area contributed by atoms with Crippen LogP contribution in [-0.4, -0.2) is 35.1 Å². The highest BCUT2D eigenvalue weighted by Gasteiger charge is 2.28. The van der Waals surface area contributed by atoms with Gasteiger partial charge in [-0.2, -0.15) is 0 Å². The second-order valence-electron chi connectivity index (χ2n) is 6.80. The van der Waals surface area contributed by atoms with E-state index in [9.17, 15) is 4.57 Å². The Balaban J connectivity index is 1.76. The van der Waals surface area contributed by atoms with Crippen molar-refractivity contribution >= 4 is 19.4 Å². The van der Waals surface area contributed by atoms with Crippen molar-refractivity contribution in [1.29, 1.82) is 0 Å². The molecular weight excluding hydrogens is 377 g/mol. The fourth-order valence-electron chi connectivity index (χ4n) is 3.09. The fourth-order valence-corrected chi connectivity index (χ4v) is 3.72. The Morgan fingerprint density at radius 3 is 2.73 bits per heavy atom. The van der Waals surface area contributed by atoms with Crippen molar-refractivity contribution in [2.24, 2.45) is 0 Å². The Kier molecular flexibility index (Phi) is 8.88. The average Bonchev–Trinajstić information content (AvgIpc) is 3.02. The highest BCUT2D eigenvalue weighted by Crippen LogP contribution is 2.36.